The first-order valence-corrected chi connectivity index (χ1v) is 9.17. The average Bonchev–Trinajstić information content (AvgIpc) is 2.74. The SMILES string of the molecule is Cc1cccc2c1nc(C(C)Cl)n2CCCNS(C)(=O)=O. The minimum Gasteiger partial charge on any atom is -0.327 e. The molecular formula is C14H20ClN3O2S. The number of halogens is 1. The van der Waals surface area contributed by atoms with Gasteiger partial charge in [0.25, 0.3) is 0 Å². The normalized spacial score (nSPS) is 13.7. The van der Waals surface area contributed by atoms with Crippen molar-refractivity contribution >= 4 is 32.7 Å². The first-order valence-electron chi connectivity index (χ1n) is 6.84. The fraction of sp³-hybridized carbons (Fsp3) is 0.500. The Labute approximate surface area is 130 Å². The van der Waals surface area contributed by atoms with E-state index in [2.05, 4.69) is 14.3 Å². The number of alkyl halides is 1. The molecule has 0 aliphatic rings. The standard InChI is InChI=1S/C14H20ClN3O2S/c1-10-6-4-7-12-13(10)17-14(11(2)15)18(12)9-5-8-16-21(3,19)20/h4,6-7,11,16H,5,8-9H2,1-3H3. The maximum Gasteiger partial charge on any atom is 0.208 e. The van der Waals surface area contributed by atoms with E-state index in [9.17, 15) is 8.42 Å². The van der Waals surface area contributed by atoms with Crippen molar-refractivity contribution in [1.29, 1.82) is 0 Å². The Morgan fingerprint density at radius 1 is 1.43 bits per heavy atom. The van der Waals surface area contributed by atoms with Gasteiger partial charge in [0.15, 0.2) is 0 Å². The third-order valence-corrected chi connectivity index (χ3v) is 4.21. The first-order chi connectivity index (χ1) is 9.79. The molecule has 1 atom stereocenters. The Morgan fingerprint density at radius 3 is 2.76 bits per heavy atom. The second-order valence-electron chi connectivity index (χ2n) is 5.20. The second kappa shape index (κ2) is 6.34. The lowest BCUT2D eigenvalue weighted by Crippen LogP contribution is -2.24. The molecule has 0 fully saturated rings. The van der Waals surface area contributed by atoms with Gasteiger partial charge in [-0.05, 0) is 31.9 Å². The van der Waals surface area contributed by atoms with E-state index < -0.39 is 10.0 Å². The summed E-state index contributed by atoms with van der Waals surface area (Å²) in [5, 5.41) is -0.195. The molecule has 0 saturated carbocycles. The number of nitrogens with zero attached hydrogens (tertiary/aromatic N) is 2. The van der Waals surface area contributed by atoms with Crippen LogP contribution in [0.2, 0.25) is 0 Å². The van der Waals surface area contributed by atoms with Crippen molar-refractivity contribution < 1.29 is 8.42 Å². The third-order valence-electron chi connectivity index (χ3n) is 3.29. The Balaban J connectivity index is 2.25. The lowest BCUT2D eigenvalue weighted by Gasteiger charge is -2.10. The lowest BCUT2D eigenvalue weighted by atomic mass is 10.2. The number of sulfonamides is 1. The van der Waals surface area contributed by atoms with E-state index in [1.807, 2.05) is 32.0 Å². The summed E-state index contributed by atoms with van der Waals surface area (Å²) in [6.07, 6.45) is 1.85. The van der Waals surface area contributed by atoms with Crippen LogP contribution < -0.4 is 4.72 Å². The van der Waals surface area contributed by atoms with E-state index in [1.54, 1.807) is 0 Å². The molecule has 0 radical (unpaired) electrons. The van der Waals surface area contributed by atoms with Gasteiger partial charge in [-0.1, -0.05) is 12.1 Å². The van der Waals surface area contributed by atoms with E-state index in [-0.39, 0.29) is 5.38 Å². The van der Waals surface area contributed by atoms with Gasteiger partial charge in [-0.15, -0.1) is 11.6 Å². The number of hydrogen-bond donors (Lipinski definition) is 1. The van der Waals surface area contributed by atoms with Crippen molar-refractivity contribution in [2.75, 3.05) is 12.8 Å². The molecule has 0 saturated heterocycles. The molecule has 2 rings (SSSR count). The molecule has 0 aliphatic heterocycles. The summed E-state index contributed by atoms with van der Waals surface area (Å²) in [6, 6.07) is 6.03. The largest absolute Gasteiger partial charge is 0.327 e. The quantitative estimate of drug-likeness (QED) is 0.654. The number of hydrogen-bond acceptors (Lipinski definition) is 3. The van der Waals surface area contributed by atoms with Gasteiger partial charge in [-0.25, -0.2) is 18.1 Å². The Bertz CT molecular complexity index is 738. The summed E-state index contributed by atoms with van der Waals surface area (Å²) in [5.74, 6) is 0.820. The van der Waals surface area contributed by atoms with Crippen molar-refractivity contribution in [3.63, 3.8) is 0 Å². The maximum atomic E-state index is 11.1. The van der Waals surface area contributed by atoms with Crippen LogP contribution in [-0.2, 0) is 16.6 Å². The van der Waals surface area contributed by atoms with Crippen molar-refractivity contribution in [2.24, 2.45) is 0 Å². The summed E-state index contributed by atoms with van der Waals surface area (Å²) in [5.41, 5.74) is 3.10. The van der Waals surface area contributed by atoms with E-state index in [4.69, 9.17) is 11.6 Å². The molecule has 2 aromatic rings. The fourth-order valence-electron chi connectivity index (χ4n) is 2.34. The van der Waals surface area contributed by atoms with Crippen molar-refractivity contribution in [2.45, 2.75) is 32.2 Å². The van der Waals surface area contributed by atoms with Crippen molar-refractivity contribution in [1.82, 2.24) is 14.3 Å². The molecule has 0 amide bonds. The third kappa shape index (κ3) is 3.96. The molecule has 1 heterocycles. The number of nitrogens with one attached hydrogen (secondary N) is 1. The van der Waals surface area contributed by atoms with Crippen LogP contribution in [0, 0.1) is 6.92 Å². The van der Waals surface area contributed by atoms with E-state index >= 15 is 0 Å². The molecule has 116 valence electrons. The number of benzene rings is 1. The van der Waals surface area contributed by atoms with Gasteiger partial charge in [0.1, 0.15) is 5.82 Å². The highest BCUT2D eigenvalue weighted by molar-refractivity contribution is 7.88. The zero-order valence-corrected chi connectivity index (χ0v) is 14.0. The fourth-order valence-corrected chi connectivity index (χ4v) is 3.02. The summed E-state index contributed by atoms with van der Waals surface area (Å²) in [7, 11) is -3.14. The summed E-state index contributed by atoms with van der Waals surface area (Å²) in [6.45, 7) is 4.99. The van der Waals surface area contributed by atoms with Crippen molar-refractivity contribution in [3.05, 3.63) is 29.6 Å². The predicted octanol–water partition coefficient (Wildman–Crippen LogP) is 2.58. The molecule has 0 bridgehead atoms. The van der Waals surface area contributed by atoms with Crippen LogP contribution >= 0.6 is 11.6 Å². The van der Waals surface area contributed by atoms with Gasteiger partial charge in [-0.3, -0.25) is 0 Å². The van der Waals surface area contributed by atoms with Crippen LogP contribution in [-0.4, -0.2) is 30.8 Å². The van der Waals surface area contributed by atoms with Crippen LogP contribution in [0.25, 0.3) is 11.0 Å². The second-order valence-corrected chi connectivity index (χ2v) is 7.69. The smallest absolute Gasteiger partial charge is 0.208 e. The molecule has 21 heavy (non-hydrogen) atoms. The molecule has 1 aromatic carbocycles. The molecular weight excluding hydrogens is 310 g/mol. The highest BCUT2D eigenvalue weighted by Crippen LogP contribution is 2.26. The van der Waals surface area contributed by atoms with Crippen molar-refractivity contribution in [3.8, 4) is 0 Å². The maximum absolute atomic E-state index is 11.1. The monoisotopic (exact) mass is 329 g/mol. The molecule has 0 spiro atoms. The number of aryl methyl sites for hydroxylation is 2. The Kier molecular flexibility index (Phi) is 4.91. The zero-order chi connectivity index (χ0) is 15.6. The predicted molar refractivity (Wildman–Crippen MR) is 86.2 cm³/mol. The molecule has 0 aliphatic carbocycles. The van der Waals surface area contributed by atoms with Crippen LogP contribution in [0.3, 0.4) is 0 Å². The lowest BCUT2D eigenvalue weighted by molar-refractivity contribution is 0.573. The highest BCUT2D eigenvalue weighted by Gasteiger charge is 2.15. The van der Waals surface area contributed by atoms with Gasteiger partial charge in [0.05, 0.1) is 22.7 Å². The van der Waals surface area contributed by atoms with Crippen LogP contribution in [0.5, 0.6) is 0 Å². The van der Waals surface area contributed by atoms with Gasteiger partial charge < -0.3 is 4.57 Å². The van der Waals surface area contributed by atoms with Gasteiger partial charge in [0.2, 0.25) is 10.0 Å². The van der Waals surface area contributed by atoms with E-state index in [1.165, 1.54) is 0 Å². The zero-order valence-electron chi connectivity index (χ0n) is 12.4. The van der Waals surface area contributed by atoms with Gasteiger partial charge >= 0.3 is 0 Å². The number of fused-ring (bicyclic) bond motifs is 1. The van der Waals surface area contributed by atoms with Crippen LogP contribution in [0.1, 0.15) is 30.1 Å². The molecule has 7 heteroatoms. The minimum absolute atomic E-state index is 0.195. The highest BCUT2D eigenvalue weighted by atomic mass is 35.5. The summed E-state index contributed by atoms with van der Waals surface area (Å²) >= 11 is 6.22. The van der Waals surface area contributed by atoms with Gasteiger partial charge in [-0.2, -0.15) is 0 Å². The Morgan fingerprint density at radius 2 is 2.14 bits per heavy atom. The number of aromatic nitrogens is 2. The van der Waals surface area contributed by atoms with E-state index in [0.29, 0.717) is 19.5 Å². The Hall–Kier alpha value is -1.11. The van der Waals surface area contributed by atoms with Crippen LogP contribution in [0.4, 0.5) is 0 Å². The molecule has 1 unspecified atom stereocenters. The number of rotatable bonds is 6. The van der Waals surface area contributed by atoms with E-state index in [0.717, 1.165) is 28.7 Å². The van der Waals surface area contributed by atoms with Gasteiger partial charge in [0, 0.05) is 13.1 Å². The molecule has 1 aromatic heterocycles. The van der Waals surface area contributed by atoms with Crippen LogP contribution in [0.15, 0.2) is 18.2 Å². The summed E-state index contributed by atoms with van der Waals surface area (Å²) < 4.78 is 26.7. The number of imidazole rings is 1. The average molecular weight is 330 g/mol. The summed E-state index contributed by atoms with van der Waals surface area (Å²) in [4.78, 5) is 4.63. The molecule has 1 N–H and O–H groups in total. The first kappa shape index (κ1) is 16.3. The minimum atomic E-state index is -3.14. The number of para-hydroxylation sites is 1. The molecule has 5 nitrogen and oxygen atoms in total. The topological polar surface area (TPSA) is 64.0 Å².